The number of hydrogen-bond acceptors (Lipinski definition) is 7. The molecule has 1 saturated heterocycles. The highest BCUT2D eigenvalue weighted by molar-refractivity contribution is 7.09. The molecule has 4 atom stereocenters. The van der Waals surface area contributed by atoms with E-state index in [0.29, 0.717) is 55.3 Å². The van der Waals surface area contributed by atoms with E-state index in [-0.39, 0.29) is 0 Å². The molecule has 1 unspecified atom stereocenters. The summed E-state index contributed by atoms with van der Waals surface area (Å²) >= 11 is 1.65. The molecule has 1 aliphatic heterocycles. The first kappa shape index (κ1) is 28.1. The number of thiazole rings is 1. The fraction of sp³-hybridized carbons (Fsp3) is 0.562. The van der Waals surface area contributed by atoms with E-state index in [1.807, 2.05) is 6.92 Å². The summed E-state index contributed by atoms with van der Waals surface area (Å²) in [4.78, 5) is 22.4. The highest BCUT2D eigenvalue weighted by atomic mass is 32.1. The predicted molar refractivity (Wildman–Crippen MR) is 159 cm³/mol. The quantitative estimate of drug-likeness (QED) is 0.243. The molecule has 2 bridgehead atoms. The number of nitrogens with zero attached hydrogens (tertiary/aromatic N) is 4. The summed E-state index contributed by atoms with van der Waals surface area (Å²) in [6, 6.07) is 7.56. The molecular weight excluding hydrogens is 534 g/mol. The second-order valence-electron chi connectivity index (χ2n) is 12.7. The maximum atomic E-state index is 12.7. The summed E-state index contributed by atoms with van der Waals surface area (Å²) in [5.41, 5.74) is 15.0. The number of aryl methyl sites for hydroxylation is 2. The van der Waals surface area contributed by atoms with Crippen molar-refractivity contribution in [1.82, 2.24) is 9.97 Å². The van der Waals surface area contributed by atoms with Crippen molar-refractivity contribution in [3.63, 3.8) is 0 Å². The number of nitrogen functional groups attached to an aromatic ring is 1. The van der Waals surface area contributed by atoms with Crippen molar-refractivity contribution in [3.8, 4) is 0 Å². The summed E-state index contributed by atoms with van der Waals surface area (Å²) < 4.78 is 14.3. The van der Waals surface area contributed by atoms with Crippen LogP contribution < -0.4 is 10.3 Å². The molecule has 0 radical (unpaired) electrons. The zero-order valence-electron chi connectivity index (χ0n) is 24.8. The number of rotatable bonds is 7. The van der Waals surface area contributed by atoms with Crippen LogP contribution in [-0.4, -0.2) is 53.6 Å². The van der Waals surface area contributed by atoms with Gasteiger partial charge < -0.3 is 15.2 Å². The Morgan fingerprint density at radius 3 is 2.90 bits per heavy atom. The Balaban J connectivity index is 1.05. The van der Waals surface area contributed by atoms with Crippen LogP contribution in [0.5, 0.6) is 0 Å². The Labute approximate surface area is 247 Å². The van der Waals surface area contributed by atoms with E-state index < -0.39 is 6.16 Å². The molecule has 8 nitrogen and oxygen atoms in total. The third-order valence-corrected chi connectivity index (χ3v) is 11.3. The van der Waals surface area contributed by atoms with Crippen LogP contribution in [0.1, 0.15) is 70.8 Å². The zero-order valence-corrected chi connectivity index (χ0v) is 25.6. The van der Waals surface area contributed by atoms with Gasteiger partial charge in [0, 0.05) is 43.7 Å². The number of hydrogen-bond donors (Lipinski definition) is 1. The normalized spacial score (nSPS) is 26.6. The molecule has 41 heavy (non-hydrogen) atoms. The Morgan fingerprint density at radius 2 is 2.07 bits per heavy atom. The van der Waals surface area contributed by atoms with Crippen LogP contribution in [0.15, 0.2) is 29.9 Å². The van der Waals surface area contributed by atoms with Gasteiger partial charge in [-0.1, -0.05) is 47.9 Å². The summed E-state index contributed by atoms with van der Waals surface area (Å²) in [5, 5.41) is 0. The van der Waals surface area contributed by atoms with E-state index in [2.05, 4.69) is 59.1 Å². The molecule has 2 N–H and O–H groups in total. The second kappa shape index (κ2) is 11.0. The minimum absolute atomic E-state index is 0.293. The molecule has 3 aromatic rings. The summed E-state index contributed by atoms with van der Waals surface area (Å²) in [6.07, 6.45) is 9.29. The van der Waals surface area contributed by atoms with Crippen LogP contribution in [0.3, 0.4) is 0 Å². The highest BCUT2D eigenvalue weighted by Crippen LogP contribution is 2.57. The molecule has 9 heteroatoms. The Kier molecular flexibility index (Phi) is 7.53. The Morgan fingerprint density at radius 1 is 1.22 bits per heavy atom. The molecule has 2 aliphatic carbocycles. The Hall–Kier alpha value is -3.04. The molecule has 2 aromatic heterocycles. The lowest BCUT2D eigenvalue weighted by Gasteiger charge is -2.61. The maximum absolute atomic E-state index is 12.7. The van der Waals surface area contributed by atoms with Crippen molar-refractivity contribution in [2.45, 2.75) is 83.7 Å². The zero-order chi connectivity index (χ0) is 28.8. The number of carbonyl (C=O) groups is 1. The van der Waals surface area contributed by atoms with Crippen molar-refractivity contribution >= 4 is 23.3 Å². The number of carbonyl (C=O) groups excluding carboxylic acids is 1. The van der Waals surface area contributed by atoms with Gasteiger partial charge in [0.15, 0.2) is 12.2 Å². The van der Waals surface area contributed by atoms with Gasteiger partial charge in [0.25, 0.3) is 0 Å². The highest BCUT2D eigenvalue weighted by Gasteiger charge is 2.59. The van der Waals surface area contributed by atoms with Gasteiger partial charge >= 0.3 is 6.16 Å². The number of fused-ring (bicyclic) bond motifs is 1. The third-order valence-electron chi connectivity index (χ3n) is 10.2. The number of piperidine rings is 1. The standard InChI is InChI=1S/C32H43N5O3S/c1-21-8-9-24-16-28-26-7-5-6-11-32(26,27(24)15-21)12-13-37(28,4)20-40-31(38)39-14-10-29-22(2)36(19-41-29)18-25-17-34-23(3)35-30(25)33/h8-9,15,17,19,26,28H,5-7,10-14,16,18,20H2,1-4H3,(H2,33,34,35)/q+2/t26-,28+,32+,37?/m0/s1. The van der Waals surface area contributed by atoms with Crippen LogP contribution in [0.2, 0.25) is 0 Å². The van der Waals surface area contributed by atoms with E-state index in [9.17, 15) is 4.79 Å². The fourth-order valence-electron chi connectivity index (χ4n) is 7.88. The Bertz CT molecular complexity index is 1460. The summed E-state index contributed by atoms with van der Waals surface area (Å²) in [5.74, 6) is 1.83. The predicted octanol–water partition coefficient (Wildman–Crippen LogP) is 4.94. The van der Waals surface area contributed by atoms with Crippen molar-refractivity contribution in [3.05, 3.63) is 68.6 Å². The number of nitrogens with two attached hydrogens (primary N) is 1. The van der Waals surface area contributed by atoms with Crippen LogP contribution in [0.4, 0.5) is 10.6 Å². The van der Waals surface area contributed by atoms with Gasteiger partial charge in [-0.3, -0.25) is 4.48 Å². The van der Waals surface area contributed by atoms with Gasteiger partial charge in [0.2, 0.25) is 12.2 Å². The lowest BCUT2D eigenvalue weighted by Crippen LogP contribution is -2.69. The average Bonchev–Trinajstić information content (AvgIpc) is 3.30. The molecule has 0 amide bonds. The minimum atomic E-state index is -0.566. The molecule has 0 spiro atoms. The van der Waals surface area contributed by atoms with Crippen LogP contribution in [0.25, 0.3) is 0 Å². The number of quaternary nitrogens is 1. The number of anilines is 1. The number of likely N-dealkylation sites (N-methyl/N-ethyl adjacent to an activating group) is 1. The second-order valence-corrected chi connectivity index (χ2v) is 13.6. The van der Waals surface area contributed by atoms with E-state index in [1.165, 1.54) is 41.7 Å². The smallest absolute Gasteiger partial charge is 0.434 e. The SMILES string of the molecule is Cc1ccc2c(c1)[C@@]13CCCC[C@H]1[C@@H](C2)[N+](C)(COC(=O)OCCc1sc[n+](Cc2cnc(C)nc2N)c1C)CC3. The molecular formula is C32H43N5O3S+2. The number of aromatic nitrogens is 3. The first-order valence-corrected chi connectivity index (χ1v) is 15.8. The fourth-order valence-corrected chi connectivity index (χ4v) is 8.85. The minimum Gasteiger partial charge on any atom is -0.434 e. The topological polar surface area (TPSA) is 91.2 Å². The van der Waals surface area contributed by atoms with Crippen LogP contribution in [0, 0.1) is 26.7 Å². The summed E-state index contributed by atoms with van der Waals surface area (Å²) in [7, 11) is 2.29. The lowest BCUT2D eigenvalue weighted by molar-refractivity contribution is -0.959. The van der Waals surface area contributed by atoms with Gasteiger partial charge in [0.1, 0.15) is 18.2 Å². The van der Waals surface area contributed by atoms with Gasteiger partial charge in [-0.2, -0.15) is 4.57 Å². The molecule has 218 valence electrons. The van der Waals surface area contributed by atoms with Crippen LogP contribution >= 0.6 is 11.3 Å². The lowest BCUT2D eigenvalue weighted by atomic mass is 9.52. The molecule has 6 rings (SSSR count). The van der Waals surface area contributed by atoms with Crippen molar-refractivity contribution in [2.24, 2.45) is 5.92 Å². The molecule has 3 heterocycles. The van der Waals surface area contributed by atoms with E-state index in [1.54, 1.807) is 23.1 Å². The molecule has 1 saturated carbocycles. The summed E-state index contributed by atoms with van der Waals surface area (Å²) in [6.45, 7) is 8.44. The maximum Gasteiger partial charge on any atom is 0.512 e. The van der Waals surface area contributed by atoms with Crippen molar-refractivity contribution < 1.29 is 23.3 Å². The van der Waals surface area contributed by atoms with E-state index in [0.717, 1.165) is 35.1 Å². The van der Waals surface area contributed by atoms with Gasteiger partial charge in [-0.15, -0.1) is 0 Å². The average molecular weight is 578 g/mol. The first-order chi connectivity index (χ1) is 19.7. The largest absolute Gasteiger partial charge is 0.512 e. The van der Waals surface area contributed by atoms with Gasteiger partial charge in [-0.25, -0.2) is 14.8 Å². The van der Waals surface area contributed by atoms with Crippen molar-refractivity contribution in [2.75, 3.05) is 32.7 Å². The van der Waals surface area contributed by atoms with E-state index >= 15 is 0 Å². The number of likely N-dealkylation sites (tertiary alicyclic amines) is 1. The monoisotopic (exact) mass is 577 g/mol. The van der Waals surface area contributed by atoms with Crippen molar-refractivity contribution in [1.29, 1.82) is 0 Å². The number of benzene rings is 1. The third kappa shape index (κ3) is 5.23. The first-order valence-electron chi connectivity index (χ1n) is 15.0. The van der Waals surface area contributed by atoms with E-state index in [4.69, 9.17) is 15.2 Å². The number of ether oxygens (including phenoxy) is 2. The molecule has 1 aromatic carbocycles. The van der Waals surface area contributed by atoms with Gasteiger partial charge in [-0.05, 0) is 37.8 Å². The molecule has 3 aliphatic rings. The van der Waals surface area contributed by atoms with Crippen LogP contribution in [-0.2, 0) is 34.3 Å². The molecule has 2 fully saturated rings. The van der Waals surface area contributed by atoms with Gasteiger partial charge in [0.05, 0.1) is 30.1 Å².